The van der Waals surface area contributed by atoms with Gasteiger partial charge < -0.3 is 30.1 Å². The molecule has 1 unspecified atom stereocenters. The zero-order valence-corrected chi connectivity index (χ0v) is 18.5. The van der Waals surface area contributed by atoms with Gasteiger partial charge in [-0.2, -0.15) is 0 Å². The molecule has 2 aromatic carbocycles. The number of carboxylic acid groups (broad SMARTS) is 1. The Bertz CT molecular complexity index is 1210. The predicted molar refractivity (Wildman–Crippen MR) is 120 cm³/mol. The van der Waals surface area contributed by atoms with Gasteiger partial charge in [0.25, 0.3) is 5.91 Å². The third kappa shape index (κ3) is 4.70. The fourth-order valence-corrected chi connectivity index (χ4v) is 3.86. The molecular weight excluding hydrogens is 442 g/mol. The molecule has 0 aliphatic carbocycles. The van der Waals surface area contributed by atoms with E-state index in [1.54, 1.807) is 31.2 Å². The lowest BCUT2D eigenvalue weighted by Gasteiger charge is -2.27. The minimum absolute atomic E-state index is 0.148. The van der Waals surface area contributed by atoms with Crippen LogP contribution in [0.2, 0.25) is 0 Å². The molecule has 2 aliphatic heterocycles. The summed E-state index contributed by atoms with van der Waals surface area (Å²) >= 11 is 0. The first-order valence-corrected chi connectivity index (χ1v) is 10.5. The number of benzene rings is 2. The topological polar surface area (TPSA) is 134 Å². The van der Waals surface area contributed by atoms with E-state index >= 15 is 0 Å². The molecule has 2 atom stereocenters. The molecule has 0 saturated heterocycles. The quantitative estimate of drug-likeness (QED) is 0.557. The standard InChI is InChI=1S/C24H23N3O7/c1-13-11-27(2)23(31)21(22(13)30)26-24(32)25-17(10-20(28)29)16-5-3-4-14(8-16)15-6-7-18-19(9-15)34-12-33-18/h3-9,11,17,21H,10,12H2,1-2H3,(H,28,29)(H2,25,26,32)/t17-,21?/m0/s1. The van der Waals surface area contributed by atoms with Crippen LogP contribution in [0.25, 0.3) is 11.1 Å². The zero-order chi connectivity index (χ0) is 24.4. The number of carbonyl (C=O) groups excluding carboxylic acids is 3. The summed E-state index contributed by atoms with van der Waals surface area (Å²) in [4.78, 5) is 50.1. The molecule has 3 amide bonds. The monoisotopic (exact) mass is 465 g/mol. The van der Waals surface area contributed by atoms with Crippen LogP contribution in [0.1, 0.15) is 24.9 Å². The zero-order valence-electron chi connectivity index (χ0n) is 18.5. The van der Waals surface area contributed by atoms with Gasteiger partial charge in [0, 0.05) is 18.8 Å². The lowest BCUT2D eigenvalue weighted by Crippen LogP contribution is -2.56. The summed E-state index contributed by atoms with van der Waals surface area (Å²) in [6, 6.07) is 9.42. The second-order valence-electron chi connectivity index (χ2n) is 8.02. The van der Waals surface area contributed by atoms with Gasteiger partial charge in [-0.3, -0.25) is 14.4 Å². The molecule has 10 heteroatoms. The Kier molecular flexibility index (Phi) is 6.22. The van der Waals surface area contributed by atoms with E-state index in [-0.39, 0.29) is 6.79 Å². The van der Waals surface area contributed by atoms with Crippen LogP contribution in [0, 0.1) is 0 Å². The highest BCUT2D eigenvalue weighted by molar-refractivity contribution is 6.16. The fraction of sp³-hybridized carbons (Fsp3) is 0.250. The number of nitrogens with one attached hydrogen (secondary N) is 2. The summed E-state index contributed by atoms with van der Waals surface area (Å²) < 4.78 is 10.8. The van der Waals surface area contributed by atoms with Crippen LogP contribution in [0.5, 0.6) is 11.5 Å². The minimum atomic E-state index is -1.37. The highest BCUT2D eigenvalue weighted by Crippen LogP contribution is 2.36. The SMILES string of the molecule is CC1=CN(C)C(=O)C(NC(=O)N[C@@H](CC(=O)O)c2cccc(-c3ccc4c(c3)OCO4)c2)C1=O. The highest BCUT2D eigenvalue weighted by atomic mass is 16.7. The molecule has 2 aromatic rings. The molecule has 0 radical (unpaired) electrons. The van der Waals surface area contributed by atoms with Crippen molar-refractivity contribution in [3.05, 3.63) is 59.8 Å². The van der Waals surface area contributed by atoms with Gasteiger partial charge in [-0.1, -0.05) is 24.3 Å². The number of amides is 3. The predicted octanol–water partition coefficient (Wildman–Crippen LogP) is 2.21. The van der Waals surface area contributed by atoms with Crippen molar-refractivity contribution in [1.29, 1.82) is 0 Å². The summed E-state index contributed by atoms with van der Waals surface area (Å²) in [6.07, 6.45) is 0.999. The van der Waals surface area contributed by atoms with Crippen LogP contribution in [0.3, 0.4) is 0 Å². The Hall–Kier alpha value is -4.34. The molecule has 3 N–H and O–H groups in total. The van der Waals surface area contributed by atoms with Gasteiger partial charge >= 0.3 is 12.0 Å². The number of ether oxygens (including phenoxy) is 2. The molecule has 4 rings (SSSR count). The van der Waals surface area contributed by atoms with E-state index in [0.29, 0.717) is 22.6 Å². The maximum Gasteiger partial charge on any atom is 0.316 e. The van der Waals surface area contributed by atoms with Gasteiger partial charge in [-0.15, -0.1) is 0 Å². The molecule has 2 aliphatic rings. The third-order valence-corrected chi connectivity index (χ3v) is 5.59. The lowest BCUT2D eigenvalue weighted by atomic mass is 9.97. The molecule has 176 valence electrons. The molecule has 0 saturated carbocycles. The van der Waals surface area contributed by atoms with Crippen molar-refractivity contribution in [2.75, 3.05) is 13.8 Å². The number of likely N-dealkylation sites (N-methyl/N-ethyl adjacent to an activating group) is 1. The normalized spacial score (nSPS) is 17.8. The van der Waals surface area contributed by atoms with E-state index in [1.807, 2.05) is 18.2 Å². The van der Waals surface area contributed by atoms with E-state index in [1.165, 1.54) is 18.1 Å². The maximum atomic E-state index is 12.7. The second kappa shape index (κ2) is 9.26. The Morgan fingerprint density at radius 1 is 1.12 bits per heavy atom. The van der Waals surface area contributed by atoms with Crippen molar-refractivity contribution in [2.24, 2.45) is 0 Å². The van der Waals surface area contributed by atoms with Gasteiger partial charge in [0.05, 0.1) is 12.5 Å². The highest BCUT2D eigenvalue weighted by Gasteiger charge is 2.35. The molecule has 0 aromatic heterocycles. The molecular formula is C24H23N3O7. The number of carboxylic acids is 1. The number of nitrogens with zero attached hydrogens (tertiary/aromatic N) is 1. The molecule has 2 heterocycles. The third-order valence-electron chi connectivity index (χ3n) is 5.59. The first-order valence-electron chi connectivity index (χ1n) is 10.5. The minimum Gasteiger partial charge on any atom is -0.481 e. The number of carbonyl (C=O) groups is 4. The van der Waals surface area contributed by atoms with Gasteiger partial charge in [-0.25, -0.2) is 4.79 Å². The Labute approximate surface area is 195 Å². The van der Waals surface area contributed by atoms with Crippen LogP contribution in [0.15, 0.2) is 54.2 Å². The van der Waals surface area contributed by atoms with Crippen LogP contribution >= 0.6 is 0 Å². The summed E-state index contributed by atoms with van der Waals surface area (Å²) in [6.45, 7) is 1.70. The first-order chi connectivity index (χ1) is 16.2. The van der Waals surface area contributed by atoms with E-state index in [9.17, 15) is 24.3 Å². The van der Waals surface area contributed by atoms with Gasteiger partial charge in [-0.05, 0) is 41.8 Å². The lowest BCUT2D eigenvalue weighted by molar-refractivity contribution is -0.138. The van der Waals surface area contributed by atoms with Gasteiger partial charge in [0.2, 0.25) is 6.79 Å². The summed E-state index contributed by atoms with van der Waals surface area (Å²) in [7, 11) is 1.49. The Morgan fingerprint density at radius 2 is 1.85 bits per heavy atom. The number of hydrogen-bond donors (Lipinski definition) is 3. The summed E-state index contributed by atoms with van der Waals surface area (Å²) in [5.74, 6) is -0.964. The number of Topliss-reactive ketones (excluding diaryl/α,β-unsaturated/α-hetero) is 1. The van der Waals surface area contributed by atoms with Gasteiger partial charge in [0.15, 0.2) is 23.3 Å². The van der Waals surface area contributed by atoms with E-state index in [0.717, 1.165) is 11.1 Å². The van der Waals surface area contributed by atoms with Crippen molar-refractivity contribution in [3.8, 4) is 22.6 Å². The molecule has 34 heavy (non-hydrogen) atoms. The smallest absolute Gasteiger partial charge is 0.316 e. The molecule has 10 nitrogen and oxygen atoms in total. The number of aliphatic carboxylic acids is 1. The maximum absolute atomic E-state index is 12.7. The summed E-state index contributed by atoms with van der Waals surface area (Å²) in [5.41, 5.74) is 2.48. The largest absolute Gasteiger partial charge is 0.481 e. The number of fused-ring (bicyclic) bond motifs is 1. The van der Waals surface area contributed by atoms with E-state index in [2.05, 4.69) is 10.6 Å². The van der Waals surface area contributed by atoms with E-state index < -0.39 is 42.2 Å². The van der Waals surface area contributed by atoms with Crippen LogP contribution in [-0.2, 0) is 14.4 Å². The van der Waals surface area contributed by atoms with Gasteiger partial charge in [0.1, 0.15) is 0 Å². The molecule has 0 bridgehead atoms. The van der Waals surface area contributed by atoms with Crippen molar-refractivity contribution in [2.45, 2.75) is 25.4 Å². The Morgan fingerprint density at radius 3 is 2.62 bits per heavy atom. The number of rotatable bonds is 6. The van der Waals surface area contributed by atoms with Crippen LogP contribution in [0.4, 0.5) is 4.79 Å². The number of ketones is 1. The van der Waals surface area contributed by atoms with Crippen LogP contribution in [-0.4, -0.2) is 53.6 Å². The van der Waals surface area contributed by atoms with Crippen molar-refractivity contribution in [3.63, 3.8) is 0 Å². The number of hydrogen-bond acceptors (Lipinski definition) is 6. The number of urea groups is 1. The first kappa shape index (κ1) is 22.8. The average Bonchev–Trinajstić information content (AvgIpc) is 3.28. The van der Waals surface area contributed by atoms with Crippen molar-refractivity contribution in [1.82, 2.24) is 15.5 Å². The molecule has 0 spiro atoms. The van der Waals surface area contributed by atoms with Crippen molar-refractivity contribution >= 4 is 23.7 Å². The fourth-order valence-electron chi connectivity index (χ4n) is 3.86. The van der Waals surface area contributed by atoms with E-state index in [4.69, 9.17) is 9.47 Å². The Balaban J connectivity index is 1.54. The summed E-state index contributed by atoms with van der Waals surface area (Å²) in [5, 5.41) is 14.4. The molecule has 0 fully saturated rings. The second-order valence-corrected chi connectivity index (χ2v) is 8.02. The average molecular weight is 465 g/mol. The van der Waals surface area contributed by atoms with Crippen LogP contribution < -0.4 is 20.1 Å². The van der Waals surface area contributed by atoms with Crippen molar-refractivity contribution < 1.29 is 33.8 Å².